The van der Waals surface area contributed by atoms with Crippen LogP contribution in [0.25, 0.3) is 0 Å². The lowest BCUT2D eigenvalue weighted by Crippen LogP contribution is -2.44. The molecule has 4 nitrogen and oxygen atoms in total. The first-order valence-electron chi connectivity index (χ1n) is 6.56. The molecule has 1 saturated heterocycles. The third-order valence-corrected chi connectivity index (χ3v) is 3.74. The van der Waals surface area contributed by atoms with E-state index in [0.29, 0.717) is 5.92 Å². The zero-order valence-electron chi connectivity index (χ0n) is 10.7. The summed E-state index contributed by atoms with van der Waals surface area (Å²) in [5.74, 6) is 2.87. The van der Waals surface area contributed by atoms with Crippen molar-refractivity contribution in [2.45, 2.75) is 32.6 Å². The van der Waals surface area contributed by atoms with Gasteiger partial charge in [-0.1, -0.05) is 0 Å². The third-order valence-electron chi connectivity index (χ3n) is 3.74. The van der Waals surface area contributed by atoms with Crippen molar-refractivity contribution < 1.29 is 0 Å². The molecule has 2 fully saturated rings. The van der Waals surface area contributed by atoms with Crippen molar-refractivity contribution in [3.05, 3.63) is 17.1 Å². The number of aromatic nitrogens is 2. The second-order valence-corrected chi connectivity index (χ2v) is 5.13. The first-order valence-corrected chi connectivity index (χ1v) is 6.56. The Kier molecular flexibility index (Phi) is 2.74. The van der Waals surface area contributed by atoms with Crippen LogP contribution in [0.4, 0.5) is 5.82 Å². The minimum absolute atomic E-state index is 0.635. The van der Waals surface area contributed by atoms with Crippen molar-refractivity contribution in [1.29, 1.82) is 0 Å². The highest BCUT2D eigenvalue weighted by Crippen LogP contribution is 2.39. The quantitative estimate of drug-likeness (QED) is 0.836. The highest BCUT2D eigenvalue weighted by molar-refractivity contribution is 5.49. The van der Waals surface area contributed by atoms with Gasteiger partial charge in [0, 0.05) is 43.4 Å². The summed E-state index contributed by atoms with van der Waals surface area (Å²) in [7, 11) is 0. The second-order valence-electron chi connectivity index (χ2n) is 5.13. The SMILES string of the molecule is Cc1nc(C2CC2)nc(N2CCNCC2)c1C. The zero-order chi connectivity index (χ0) is 11.8. The van der Waals surface area contributed by atoms with Crippen LogP contribution in [0.15, 0.2) is 0 Å². The number of anilines is 1. The molecule has 1 saturated carbocycles. The van der Waals surface area contributed by atoms with Gasteiger partial charge in [-0.3, -0.25) is 0 Å². The Morgan fingerprint density at radius 3 is 2.47 bits per heavy atom. The summed E-state index contributed by atoms with van der Waals surface area (Å²) in [6.45, 7) is 8.48. The molecule has 0 amide bonds. The van der Waals surface area contributed by atoms with Crippen LogP contribution >= 0.6 is 0 Å². The minimum atomic E-state index is 0.635. The van der Waals surface area contributed by atoms with Gasteiger partial charge in [0.05, 0.1) is 0 Å². The summed E-state index contributed by atoms with van der Waals surface area (Å²) in [5.41, 5.74) is 2.40. The molecule has 1 aromatic rings. The number of nitrogens with one attached hydrogen (secondary N) is 1. The van der Waals surface area contributed by atoms with Gasteiger partial charge in [-0.05, 0) is 26.7 Å². The van der Waals surface area contributed by atoms with Crippen molar-refractivity contribution in [3.63, 3.8) is 0 Å². The van der Waals surface area contributed by atoms with Crippen LogP contribution in [0.3, 0.4) is 0 Å². The third kappa shape index (κ3) is 2.14. The molecule has 0 atom stereocenters. The number of hydrogen-bond donors (Lipinski definition) is 1. The summed E-state index contributed by atoms with van der Waals surface area (Å²) >= 11 is 0. The lowest BCUT2D eigenvalue weighted by Gasteiger charge is -2.30. The molecule has 2 aliphatic rings. The fourth-order valence-corrected chi connectivity index (χ4v) is 2.34. The van der Waals surface area contributed by atoms with E-state index in [1.165, 1.54) is 24.2 Å². The standard InChI is InChI=1S/C13H20N4/c1-9-10(2)15-12(11-3-4-11)16-13(9)17-7-5-14-6-8-17/h11,14H,3-8H2,1-2H3. The van der Waals surface area contributed by atoms with Gasteiger partial charge in [-0.2, -0.15) is 0 Å². The van der Waals surface area contributed by atoms with E-state index < -0.39 is 0 Å². The van der Waals surface area contributed by atoms with Crippen molar-refractivity contribution in [2.24, 2.45) is 0 Å². The lowest BCUT2D eigenvalue weighted by atomic mass is 10.2. The zero-order valence-corrected chi connectivity index (χ0v) is 10.7. The average Bonchev–Trinajstić information content (AvgIpc) is 3.18. The number of rotatable bonds is 2. The van der Waals surface area contributed by atoms with Gasteiger partial charge < -0.3 is 10.2 Å². The lowest BCUT2D eigenvalue weighted by molar-refractivity contribution is 0.582. The molecule has 3 rings (SSSR count). The highest BCUT2D eigenvalue weighted by Gasteiger charge is 2.28. The molecule has 0 unspecified atom stereocenters. The molecular formula is C13H20N4. The van der Waals surface area contributed by atoms with Gasteiger partial charge in [-0.25, -0.2) is 9.97 Å². The molecule has 17 heavy (non-hydrogen) atoms. The van der Waals surface area contributed by atoms with E-state index >= 15 is 0 Å². The van der Waals surface area contributed by atoms with Crippen LogP contribution in [-0.4, -0.2) is 36.1 Å². The Morgan fingerprint density at radius 2 is 1.82 bits per heavy atom. The molecule has 1 aliphatic heterocycles. The van der Waals surface area contributed by atoms with Crippen LogP contribution in [-0.2, 0) is 0 Å². The topological polar surface area (TPSA) is 41.1 Å². The van der Waals surface area contributed by atoms with Crippen LogP contribution in [0.5, 0.6) is 0 Å². The van der Waals surface area contributed by atoms with Gasteiger partial charge in [0.1, 0.15) is 11.6 Å². The van der Waals surface area contributed by atoms with Gasteiger partial charge in [-0.15, -0.1) is 0 Å². The molecule has 0 spiro atoms. The van der Waals surface area contributed by atoms with E-state index in [9.17, 15) is 0 Å². The highest BCUT2D eigenvalue weighted by atomic mass is 15.2. The fourth-order valence-electron chi connectivity index (χ4n) is 2.34. The molecular weight excluding hydrogens is 212 g/mol. The Morgan fingerprint density at radius 1 is 1.12 bits per heavy atom. The van der Waals surface area contributed by atoms with E-state index in [4.69, 9.17) is 4.98 Å². The van der Waals surface area contributed by atoms with E-state index in [1.54, 1.807) is 0 Å². The first kappa shape index (κ1) is 11.0. The summed E-state index contributed by atoms with van der Waals surface area (Å²) in [4.78, 5) is 11.8. The van der Waals surface area contributed by atoms with Crippen molar-refractivity contribution in [3.8, 4) is 0 Å². The summed E-state index contributed by atoms with van der Waals surface area (Å²) in [6, 6.07) is 0. The number of piperazine rings is 1. The number of aryl methyl sites for hydroxylation is 1. The van der Waals surface area contributed by atoms with Gasteiger partial charge >= 0.3 is 0 Å². The summed E-state index contributed by atoms with van der Waals surface area (Å²) in [5, 5.41) is 3.38. The van der Waals surface area contributed by atoms with Gasteiger partial charge in [0.25, 0.3) is 0 Å². The molecule has 0 radical (unpaired) electrons. The van der Waals surface area contributed by atoms with Crippen LogP contribution in [0.2, 0.25) is 0 Å². The molecule has 4 heteroatoms. The van der Waals surface area contributed by atoms with Gasteiger partial charge in [0.2, 0.25) is 0 Å². The smallest absolute Gasteiger partial charge is 0.135 e. The fraction of sp³-hybridized carbons (Fsp3) is 0.692. The Balaban J connectivity index is 1.95. The maximum absolute atomic E-state index is 4.81. The van der Waals surface area contributed by atoms with E-state index in [2.05, 4.69) is 29.0 Å². The average molecular weight is 232 g/mol. The van der Waals surface area contributed by atoms with Crippen molar-refractivity contribution in [1.82, 2.24) is 15.3 Å². The van der Waals surface area contributed by atoms with E-state index in [1.807, 2.05) is 0 Å². The predicted molar refractivity (Wildman–Crippen MR) is 68.6 cm³/mol. The molecule has 92 valence electrons. The maximum Gasteiger partial charge on any atom is 0.135 e. The van der Waals surface area contributed by atoms with Crippen molar-refractivity contribution in [2.75, 3.05) is 31.1 Å². The predicted octanol–water partition coefficient (Wildman–Crippen LogP) is 1.38. The number of hydrogen-bond acceptors (Lipinski definition) is 4. The molecule has 1 N–H and O–H groups in total. The number of nitrogens with zero attached hydrogens (tertiary/aromatic N) is 3. The molecule has 2 heterocycles. The minimum Gasteiger partial charge on any atom is -0.354 e. The van der Waals surface area contributed by atoms with Crippen LogP contribution in [0.1, 0.15) is 35.8 Å². The van der Waals surface area contributed by atoms with E-state index in [0.717, 1.165) is 37.7 Å². The normalized spacial score (nSPS) is 20.7. The largest absolute Gasteiger partial charge is 0.354 e. The van der Waals surface area contributed by atoms with Gasteiger partial charge in [0.15, 0.2) is 0 Å². The van der Waals surface area contributed by atoms with Crippen molar-refractivity contribution >= 4 is 5.82 Å². The summed E-state index contributed by atoms with van der Waals surface area (Å²) in [6.07, 6.45) is 2.53. The monoisotopic (exact) mass is 232 g/mol. The Labute approximate surface area is 102 Å². The summed E-state index contributed by atoms with van der Waals surface area (Å²) < 4.78 is 0. The van der Waals surface area contributed by atoms with Crippen LogP contribution < -0.4 is 10.2 Å². The Hall–Kier alpha value is -1.16. The Bertz CT molecular complexity index is 420. The van der Waals surface area contributed by atoms with E-state index in [-0.39, 0.29) is 0 Å². The molecule has 1 aromatic heterocycles. The molecule has 0 bridgehead atoms. The maximum atomic E-state index is 4.81. The molecule has 1 aliphatic carbocycles. The second kappa shape index (κ2) is 4.26. The van der Waals surface area contributed by atoms with Crippen LogP contribution in [0, 0.1) is 13.8 Å². The first-order chi connectivity index (χ1) is 8.25. The molecule has 0 aromatic carbocycles.